The number of aliphatic hydroxyl groups excluding tert-OH is 6. The van der Waals surface area contributed by atoms with E-state index in [2.05, 4.69) is 98.3 Å². The van der Waals surface area contributed by atoms with Crippen LogP contribution in [-0.4, -0.2) is 220 Å². The van der Waals surface area contributed by atoms with E-state index in [1.807, 2.05) is 52.8 Å². The van der Waals surface area contributed by atoms with Crippen LogP contribution in [-0.2, 0) is 42.4 Å². The molecule has 0 aromatic carbocycles. The molecule has 0 aromatic heterocycles. The van der Waals surface area contributed by atoms with Crippen molar-refractivity contribution in [1.82, 2.24) is 0 Å². The first-order valence-corrected chi connectivity index (χ1v) is 62.0. The number of unbranched alkanes of at least 4 members (excludes halogenated alkanes) is 1. The van der Waals surface area contributed by atoms with Crippen molar-refractivity contribution in [2.24, 2.45) is 0 Å². The molecule has 1 aliphatic heterocycles. The molecule has 0 unspecified atom stereocenters. The standard InChI is InChI=1S/C10H28O3Si3.C8H24O4Si3.C5H14OSi.C5H14Si.C4H12O4Si2.C4H12OSi.C3H8O2Si2.C3H10OSi.36CH4/c1-14(2,3)12-16(7,10-8-9-11)13-15(4,5)6;1-13(2,7-9)11-15(5,6)12-14(3,4)8-10;1-3-4-6-5-7-2;1-3-4-5-6-2;1-9(3-5)7-10(2,4-6)8-9;1-3-4-5-6-2;1-6-5-7-3-2-4;1-3-4-5-2;;;;;;;;;;;;;;;;;;;;;;;;;;;;;;;;;;;;/h11H,8-10H2,1-7H3;9-10H,7-8H2,1-6H3;3-5,7H2,1-2H3;3-6H2,1-2H3;5-6H,3-4H2,1-2H3;3-4,6H2,1-2H3;4H,2,6H2,1H3;3,5H2,1-2H3;36*1H4. The van der Waals surface area contributed by atoms with Gasteiger partial charge in [-0.05, 0) is 137 Å². The van der Waals surface area contributed by atoms with Crippen LogP contribution >= 0.6 is 0 Å². The molecule has 1 heterocycles. The molecule has 0 radical (unpaired) electrons. The molecule has 108 heavy (non-hydrogen) atoms. The molecule has 16 nitrogen and oxygen atoms in total. The maximum absolute atomic E-state index is 9.18. The zero-order chi connectivity index (χ0) is 58.0. The van der Waals surface area contributed by atoms with Crippen LogP contribution in [0.15, 0.2) is 0 Å². The van der Waals surface area contributed by atoms with Crippen LogP contribution in [0.3, 0.4) is 0 Å². The van der Waals surface area contributed by atoms with Gasteiger partial charge in [0, 0.05) is 51.7 Å². The predicted octanol–water partition coefficient (Wildman–Crippen LogP) is 27.9. The second-order valence-electron chi connectivity index (χ2n) is 20.8. The van der Waals surface area contributed by atoms with E-state index < -0.39 is 67.5 Å². The number of hydrogen-bond acceptors (Lipinski definition) is 16. The van der Waals surface area contributed by atoms with Crippen molar-refractivity contribution in [1.29, 1.82) is 0 Å². The van der Waals surface area contributed by atoms with Crippen molar-refractivity contribution in [3.63, 3.8) is 0 Å². The largest absolute Gasteiger partial charge is 0.564 e. The van der Waals surface area contributed by atoms with E-state index in [0.717, 1.165) is 44.9 Å². The van der Waals surface area contributed by atoms with Gasteiger partial charge < -0.3 is 73.0 Å². The van der Waals surface area contributed by atoms with E-state index in [9.17, 15) is 10.2 Å². The molecule has 30 heteroatoms. The van der Waals surface area contributed by atoms with Crippen LogP contribution in [0.1, 0.15) is 327 Å². The fourth-order valence-electron chi connectivity index (χ4n) is 5.82. The lowest BCUT2D eigenvalue weighted by Crippen LogP contribution is -2.71. The Kier molecular flexibility index (Phi) is 486. The summed E-state index contributed by atoms with van der Waals surface area (Å²) < 4.78 is 55.4. The average molecular weight is 1850 g/mol. The minimum Gasteiger partial charge on any atom is -0.564 e. The van der Waals surface area contributed by atoms with Gasteiger partial charge in [-0.3, -0.25) is 0 Å². The maximum atomic E-state index is 9.18. The molecule has 0 aromatic rings. The summed E-state index contributed by atoms with van der Waals surface area (Å²) in [5, 5.41) is 52.9. The second-order valence-corrected chi connectivity index (χ2v) is 59.9. The lowest BCUT2D eigenvalue weighted by Gasteiger charge is -2.48. The van der Waals surface area contributed by atoms with Crippen LogP contribution < -0.4 is 0 Å². The molecule has 730 valence electrons. The SMILES string of the molecule is C.C.C.C.C.C.C.C.C.C.C.C.C.C.C.C.C.C.C.C.C.C.C.C.C.C.C.C.C.C.C.C.C.C.C.C.CCCC[SiH2]C.CCCOC[SiH2]C.CCCO[SiH2]C.CCO[SiH2]C.C[SiH2]O[Si]#CCO.C[Si](C)(C)O[Si](C)(CCCO)O[Si](C)(C)C.C[Si](C)(CO)O[Si](C)(C)O[Si](C)(C)CO.C[Si]1(CO)O[Si](C)(CO)O1. The Morgan fingerprint density at radius 2 is 0.676 bits per heavy atom. The molecular formula is C78H266O16Si14. The highest BCUT2D eigenvalue weighted by Gasteiger charge is 2.56. The fraction of sp³-hybridized carbons (Fsp3) is 0.987. The Morgan fingerprint density at radius 1 is 0.380 bits per heavy atom. The molecule has 1 rings (SSSR count). The van der Waals surface area contributed by atoms with Gasteiger partial charge in [-0.2, -0.15) is 0 Å². The topological polar surface area (TPSA) is 214 Å². The van der Waals surface area contributed by atoms with Gasteiger partial charge in [0.1, 0.15) is 0 Å². The van der Waals surface area contributed by atoms with Crippen LogP contribution in [0.2, 0.25) is 143 Å². The van der Waals surface area contributed by atoms with Crippen LogP contribution in [0.5, 0.6) is 0 Å². The zero-order valence-corrected chi connectivity index (χ0v) is 67.4. The van der Waals surface area contributed by atoms with Crippen LogP contribution in [0, 0.1) is 5.50 Å². The van der Waals surface area contributed by atoms with Gasteiger partial charge in [0.25, 0.3) is 0 Å². The second kappa shape index (κ2) is 180. The Morgan fingerprint density at radius 3 is 0.833 bits per heavy atom. The molecule has 6 N–H and O–H groups in total. The Hall–Kier alpha value is 2.02. The van der Waals surface area contributed by atoms with Crippen LogP contribution in [0.25, 0.3) is 0 Å². The molecular weight excluding hydrogens is 1590 g/mol. The Bertz CT molecular complexity index is 1150. The average Bonchev–Trinajstić information content (AvgIpc) is 3.26. The number of hydrogen-bond donors (Lipinski definition) is 6. The lowest BCUT2D eigenvalue weighted by molar-refractivity contribution is 0.156. The smallest absolute Gasteiger partial charge is 0.343 e. The summed E-state index contributed by atoms with van der Waals surface area (Å²) in [6.45, 7) is 53.3. The highest BCUT2D eigenvalue weighted by molar-refractivity contribution is 6.93. The van der Waals surface area contributed by atoms with E-state index >= 15 is 0 Å². The fourth-order valence-corrected chi connectivity index (χ4v) is 42.0. The molecule has 1 saturated heterocycles. The first-order valence-electron chi connectivity index (χ1n) is 26.8. The van der Waals surface area contributed by atoms with Crippen molar-refractivity contribution in [3.8, 4) is 5.50 Å². The Labute approximate surface area is 732 Å². The monoisotopic (exact) mass is 1850 g/mol. The molecule has 0 bridgehead atoms. The molecule has 1 aliphatic rings. The molecule has 0 aliphatic carbocycles. The van der Waals surface area contributed by atoms with Crippen molar-refractivity contribution in [2.45, 2.75) is 470 Å². The van der Waals surface area contributed by atoms with E-state index in [1.165, 1.54) is 19.3 Å². The van der Waals surface area contributed by atoms with Gasteiger partial charge in [0.15, 0.2) is 36.2 Å². The highest BCUT2D eigenvalue weighted by atomic mass is 28.5. The molecule has 0 saturated carbocycles. The quantitative estimate of drug-likeness (QED) is 0.0317. The van der Waals surface area contributed by atoms with Crippen molar-refractivity contribution in [3.05, 3.63) is 0 Å². The molecule has 0 spiro atoms. The summed E-state index contributed by atoms with van der Waals surface area (Å²) in [5.41, 5.74) is 2.64. The molecule has 0 atom stereocenters. The number of ether oxygens (including phenoxy) is 1. The van der Waals surface area contributed by atoms with Gasteiger partial charge in [0.05, 0.1) is 31.5 Å². The first kappa shape index (κ1) is 291. The summed E-state index contributed by atoms with van der Waals surface area (Å²) >= 11 is 0. The third kappa shape index (κ3) is 245. The van der Waals surface area contributed by atoms with Gasteiger partial charge in [-0.25, -0.2) is 0 Å². The minimum atomic E-state index is -2.21. The van der Waals surface area contributed by atoms with Crippen molar-refractivity contribution < 1.29 is 73.0 Å². The van der Waals surface area contributed by atoms with Crippen molar-refractivity contribution in [2.75, 3.05) is 64.2 Å². The summed E-state index contributed by atoms with van der Waals surface area (Å²) in [4.78, 5) is 0. The summed E-state index contributed by atoms with van der Waals surface area (Å²) in [6, 6.07) is 2.45. The van der Waals surface area contributed by atoms with E-state index in [4.69, 9.17) is 62.8 Å². The number of aliphatic hydroxyl groups is 6. The Balaban J connectivity index is -0.0000000106. The third-order valence-electron chi connectivity index (χ3n) is 8.06. The van der Waals surface area contributed by atoms with Gasteiger partial charge in [-0.15, -0.1) is 0 Å². The number of rotatable bonds is 28. The van der Waals surface area contributed by atoms with Gasteiger partial charge in [0.2, 0.25) is 35.6 Å². The molecule has 0 amide bonds. The maximum Gasteiger partial charge on any atom is 0.343 e. The normalized spacial score (nSPS) is 11.4. The highest BCUT2D eigenvalue weighted by Crippen LogP contribution is 2.29. The zero-order valence-electron chi connectivity index (χ0n) is 51.3. The van der Waals surface area contributed by atoms with Crippen molar-refractivity contribution >= 4 is 125 Å². The van der Waals surface area contributed by atoms with E-state index in [0.29, 0.717) is 18.7 Å². The lowest BCUT2D eigenvalue weighted by atomic mass is 10.4. The predicted molar refractivity (Wildman–Crippen MR) is 586 cm³/mol. The van der Waals surface area contributed by atoms with Gasteiger partial charge >= 0.3 is 34.2 Å². The van der Waals surface area contributed by atoms with E-state index in [-0.39, 0.29) is 344 Å². The summed E-state index contributed by atoms with van der Waals surface area (Å²) in [6.07, 6.45) is 7.22. The summed E-state index contributed by atoms with van der Waals surface area (Å²) in [5.74, 6) is 0. The minimum absolute atomic E-state index is 0. The van der Waals surface area contributed by atoms with Gasteiger partial charge in [-0.1, -0.05) is 339 Å². The molecule has 1 fully saturated rings. The third-order valence-corrected chi connectivity index (χ3v) is 41.1. The van der Waals surface area contributed by atoms with Crippen LogP contribution in [0.4, 0.5) is 0 Å². The summed E-state index contributed by atoms with van der Waals surface area (Å²) in [7, 11) is -15.3. The first-order chi connectivity index (χ1) is 33.1. The van der Waals surface area contributed by atoms with E-state index in [1.54, 1.807) is 19.1 Å².